The quantitative estimate of drug-likeness (QED) is 0.117. The molecular weight excluding hydrogens is 1550 g/mol. The second-order valence-corrected chi connectivity index (χ2v) is 37.0. The molecule has 8 aromatic heterocycles. The molecule has 10 aliphatic rings. The zero-order chi connectivity index (χ0) is 84.0. The Balaban J connectivity index is 0.000000112. The van der Waals surface area contributed by atoms with Crippen molar-refractivity contribution in [1.29, 1.82) is 0 Å². The van der Waals surface area contributed by atoms with Gasteiger partial charge in [0.15, 0.2) is 22.6 Å². The zero-order valence-corrected chi connectivity index (χ0v) is 73.1. The summed E-state index contributed by atoms with van der Waals surface area (Å²) in [4.78, 5) is 37.4. The number of imidazole rings is 1. The van der Waals surface area contributed by atoms with Crippen LogP contribution < -0.4 is 40.2 Å². The predicted octanol–water partition coefficient (Wildman–Crippen LogP) is 14.2. The van der Waals surface area contributed by atoms with E-state index in [4.69, 9.17) is 39.0 Å². The summed E-state index contributed by atoms with van der Waals surface area (Å²) in [5.41, 5.74) is 17.0. The van der Waals surface area contributed by atoms with Gasteiger partial charge in [-0.15, -0.1) is 11.7 Å². The molecule has 27 heteroatoms. The fraction of sp³-hybridized carbons (Fsp3) is 0.485. The van der Waals surface area contributed by atoms with Crippen LogP contribution in [0, 0.1) is 33.6 Å². The zero-order valence-electron chi connectivity index (χ0n) is 73.1. The first kappa shape index (κ1) is 84.1. The molecule has 4 saturated heterocycles. The molecule has 0 amide bonds. The number of nitrogens with zero attached hydrogens (tertiary/aromatic N) is 19. The monoisotopic (exact) mass is 1680 g/mol. The Kier molecular flexibility index (Phi) is 24.4. The van der Waals surface area contributed by atoms with Crippen molar-refractivity contribution < 1.29 is 18.9 Å². The normalized spacial score (nSPS) is 22.9. The maximum atomic E-state index is 6.42. The molecule has 8 aliphatic heterocycles. The number of anilines is 4. The summed E-state index contributed by atoms with van der Waals surface area (Å²) >= 11 is 0. The van der Waals surface area contributed by atoms with Crippen molar-refractivity contribution >= 4 is 45.9 Å². The van der Waals surface area contributed by atoms with Crippen LogP contribution >= 0.6 is 0 Å². The average Bonchev–Trinajstić information content (AvgIpc) is 1.57. The standard InChI is InChI=1S/3C25H32N6O.C21H25N5O.CH4/c1-17-4-7-20-12-21(17)22-13-27-31-10-8-23(28-24(22)31)26-9-11-29-16-25(2,3)30(18-5-6-18)14-19(29)15-32-20;1-17-3-6-21-11-22(17)23-12-27-31-9-7-24(28-25(23)31)26-8-10-29-13-18(2)30(14-19-4-5-19)15-20(29)16-32-21;1-5-10-30-15-19-16-32-20-7-6-18(2)21(13-20)22-14-27-31-11-8-23(28-24(22)31)26-9-12-29(19)17-25(30,3)4;1-15-5-6-16-12-18(15)19-13-23-21-8-7-20(24-26(19)21)22-9-11-25-10-3-2-4-17(14-25)27-16;/h4,7-8,10,12-13,18-19H,5-6,9,11,14-16H2,1-3H3,(H,26,28);3,6-7,9,11-12,18-20H,4-5,8,10,13-16H2,1-2H3,(H,26,28);5-8,11,13-14,19H,1,9-10,12,15-17H2,2-4H3,(H,26,28);5-8,12-13,17H,2-4,9-11,14H2,1H3,(H,22,24);1H4/t19-;18-,20+;19-;17-;/m0101./s1. The van der Waals surface area contributed by atoms with Gasteiger partial charge in [-0.3, -0.25) is 34.3 Å². The first-order valence-electron chi connectivity index (χ1n) is 45.0. The number of aromatic nitrogens is 12. The van der Waals surface area contributed by atoms with Gasteiger partial charge in [-0.1, -0.05) is 37.8 Å². The summed E-state index contributed by atoms with van der Waals surface area (Å²) in [7, 11) is 0. The van der Waals surface area contributed by atoms with Crippen LogP contribution in [0.3, 0.4) is 0 Å². The minimum atomic E-state index is 0. The summed E-state index contributed by atoms with van der Waals surface area (Å²) in [6, 6.07) is 37.9. The molecule has 6 fully saturated rings. The number of hydrogen-bond acceptors (Lipinski definition) is 23. The van der Waals surface area contributed by atoms with Gasteiger partial charge in [0.25, 0.3) is 0 Å². The largest absolute Gasteiger partial charge is 0.492 e. The van der Waals surface area contributed by atoms with E-state index in [-0.39, 0.29) is 24.6 Å². The third-order valence-electron chi connectivity index (χ3n) is 26.9. The lowest BCUT2D eigenvalue weighted by Crippen LogP contribution is -2.65. The molecule has 12 aromatic rings. The Hall–Kier alpha value is -10.8. The molecule has 16 heterocycles. The Morgan fingerprint density at radius 1 is 0.468 bits per heavy atom. The fourth-order valence-corrected chi connectivity index (χ4v) is 19.6. The van der Waals surface area contributed by atoms with E-state index in [0.717, 1.165) is 243 Å². The van der Waals surface area contributed by atoms with Crippen LogP contribution in [0.5, 0.6) is 23.0 Å². The lowest BCUT2D eigenvalue weighted by molar-refractivity contribution is -0.0341. The van der Waals surface area contributed by atoms with Gasteiger partial charge in [-0.25, -0.2) is 38.0 Å². The number of ether oxygens (including phenoxy) is 4. The van der Waals surface area contributed by atoms with Crippen LogP contribution in [0.15, 0.2) is 159 Å². The highest BCUT2D eigenvalue weighted by Crippen LogP contribution is 2.41. The molecule has 4 N–H and O–H groups in total. The summed E-state index contributed by atoms with van der Waals surface area (Å²) in [6.45, 7) is 44.1. The number of hydrogen-bond donors (Lipinski definition) is 4. The van der Waals surface area contributed by atoms with E-state index in [1.807, 2.05) is 97.8 Å². The second kappa shape index (κ2) is 36.1. The van der Waals surface area contributed by atoms with Crippen molar-refractivity contribution in [2.24, 2.45) is 5.92 Å². The van der Waals surface area contributed by atoms with Crippen molar-refractivity contribution in [3.63, 3.8) is 0 Å². The lowest BCUT2D eigenvalue weighted by Gasteiger charge is -2.51. The lowest BCUT2D eigenvalue weighted by atomic mass is 9.95. The molecule has 6 atom stereocenters. The predicted molar refractivity (Wildman–Crippen MR) is 494 cm³/mol. The highest BCUT2D eigenvalue weighted by atomic mass is 16.5. The molecule has 0 spiro atoms. The molecule has 27 nitrogen and oxygen atoms in total. The van der Waals surface area contributed by atoms with Gasteiger partial charge < -0.3 is 40.2 Å². The SMILES string of the molecule is C.C=CCN1C[C@H]2COc3ccc(C)c(c3)-c3cnn4ccc(nc34)NCCN2CC1(C)C.Cc1ccc2cc1-c1cnc3ccc(nn13)NCCN1CCCC[C@H](C1)O2.Cc1ccc2cc1-c1cnn3ccc(nc13)NCCN1CC(C)(C)N(C3CC3)C[C@H]1CO2.Cc1ccc2cc1-c1cnn3ccc(nc13)NCCN1C[C@@H](C)N(CC3CC3)C[C@H]1CO2. The Labute approximate surface area is 729 Å². The first-order chi connectivity index (χ1) is 59.8. The van der Waals surface area contributed by atoms with E-state index in [1.54, 1.807) is 0 Å². The van der Waals surface area contributed by atoms with E-state index in [2.05, 4.69) is 218 Å². The minimum Gasteiger partial charge on any atom is -0.492 e. The van der Waals surface area contributed by atoms with Crippen LogP contribution in [0.25, 0.3) is 67.2 Å². The van der Waals surface area contributed by atoms with Crippen LogP contribution in [0.2, 0.25) is 0 Å². The summed E-state index contributed by atoms with van der Waals surface area (Å²) in [5.74, 6) is 8.13. The van der Waals surface area contributed by atoms with Crippen LogP contribution in [-0.4, -0.2) is 278 Å². The molecular formula is C97H125N23O4. The maximum absolute atomic E-state index is 6.42. The molecule has 2 aliphatic carbocycles. The number of aryl methyl sites for hydroxylation is 4. The third-order valence-corrected chi connectivity index (χ3v) is 26.9. The van der Waals surface area contributed by atoms with E-state index >= 15 is 0 Å². The van der Waals surface area contributed by atoms with Crippen molar-refractivity contribution in [2.75, 3.05) is 159 Å². The van der Waals surface area contributed by atoms with Gasteiger partial charge >= 0.3 is 0 Å². The van der Waals surface area contributed by atoms with Gasteiger partial charge in [0.1, 0.15) is 72.2 Å². The van der Waals surface area contributed by atoms with Crippen LogP contribution in [-0.2, 0) is 0 Å². The summed E-state index contributed by atoms with van der Waals surface area (Å²) in [5, 5.41) is 32.4. The Morgan fingerprint density at radius 3 is 1.50 bits per heavy atom. The first-order valence-corrected chi connectivity index (χ1v) is 45.0. The fourth-order valence-electron chi connectivity index (χ4n) is 19.6. The van der Waals surface area contributed by atoms with Crippen molar-refractivity contribution in [3.8, 4) is 67.6 Å². The number of rotatable bonds is 5. The van der Waals surface area contributed by atoms with Gasteiger partial charge in [0, 0.05) is 175 Å². The van der Waals surface area contributed by atoms with E-state index < -0.39 is 0 Å². The smallest absolute Gasteiger partial charge is 0.165 e. The summed E-state index contributed by atoms with van der Waals surface area (Å²) in [6.07, 6.45) is 24.8. The number of piperazine rings is 3. The number of fused-ring (bicyclic) bond motifs is 21. The van der Waals surface area contributed by atoms with Crippen molar-refractivity contribution in [2.45, 2.75) is 162 Å². The molecule has 1 unspecified atom stereocenters. The van der Waals surface area contributed by atoms with Crippen molar-refractivity contribution in [3.05, 3.63) is 181 Å². The van der Waals surface area contributed by atoms with E-state index in [1.165, 1.54) is 67.3 Å². The number of nitrogens with one attached hydrogen (secondary N) is 4. The van der Waals surface area contributed by atoms with E-state index in [9.17, 15) is 0 Å². The number of benzene rings is 4. The van der Waals surface area contributed by atoms with Crippen LogP contribution in [0.4, 0.5) is 23.3 Å². The maximum Gasteiger partial charge on any atom is 0.165 e. The average molecular weight is 1680 g/mol. The van der Waals surface area contributed by atoms with Crippen molar-refractivity contribution in [1.82, 2.24) is 92.7 Å². The van der Waals surface area contributed by atoms with E-state index in [0.29, 0.717) is 44.0 Å². The molecule has 0 radical (unpaired) electrons. The molecule has 2 saturated carbocycles. The minimum absolute atomic E-state index is 0. The third kappa shape index (κ3) is 18.5. The molecule has 652 valence electrons. The summed E-state index contributed by atoms with van der Waals surface area (Å²) < 4.78 is 33.1. The van der Waals surface area contributed by atoms with Gasteiger partial charge in [0.2, 0.25) is 0 Å². The topological polar surface area (TPSA) is 228 Å². The Morgan fingerprint density at radius 2 is 0.960 bits per heavy atom. The molecule has 4 aromatic carbocycles. The second-order valence-electron chi connectivity index (χ2n) is 37.0. The van der Waals surface area contributed by atoms with Gasteiger partial charge in [-0.2, -0.15) is 15.3 Å². The molecule has 22 rings (SSSR count). The van der Waals surface area contributed by atoms with Crippen LogP contribution in [0.1, 0.15) is 109 Å². The van der Waals surface area contributed by atoms with Gasteiger partial charge in [0.05, 0.1) is 48.6 Å². The molecule has 18 bridgehead atoms. The molecule has 124 heavy (non-hydrogen) atoms. The van der Waals surface area contributed by atoms with Gasteiger partial charge in [-0.05, 0) is 238 Å². The highest BCUT2D eigenvalue weighted by Gasteiger charge is 2.46. The Bertz CT molecular complexity index is 5770. The highest BCUT2D eigenvalue weighted by molar-refractivity contribution is 5.83.